The van der Waals surface area contributed by atoms with Crippen molar-refractivity contribution >= 4 is 5.97 Å². The van der Waals surface area contributed by atoms with Crippen LogP contribution >= 0.6 is 0 Å². The van der Waals surface area contributed by atoms with Gasteiger partial charge in [0.1, 0.15) is 0 Å². The predicted octanol–water partition coefficient (Wildman–Crippen LogP) is -0.692. The molecular formula is C8H10O4. The minimum atomic E-state index is -0.457. The van der Waals surface area contributed by atoms with Crippen LogP contribution in [0.4, 0.5) is 0 Å². The highest BCUT2D eigenvalue weighted by Crippen LogP contribution is 2.46. The first kappa shape index (κ1) is 6.86. The molecule has 3 fully saturated rings. The van der Waals surface area contributed by atoms with Crippen LogP contribution in [-0.4, -0.2) is 36.0 Å². The zero-order chi connectivity index (χ0) is 8.29. The average molecular weight is 170 g/mol. The number of fused-ring (bicyclic) bond motifs is 5. The molecule has 0 saturated carbocycles. The van der Waals surface area contributed by atoms with Gasteiger partial charge < -0.3 is 14.6 Å². The predicted molar refractivity (Wildman–Crippen MR) is 37.2 cm³/mol. The van der Waals surface area contributed by atoms with Crippen molar-refractivity contribution in [3.63, 3.8) is 0 Å². The lowest BCUT2D eigenvalue weighted by Gasteiger charge is -2.20. The molecule has 3 aliphatic heterocycles. The number of carbonyl (C=O) groups is 1. The largest absolute Gasteiger partial charge is 0.465 e. The van der Waals surface area contributed by atoms with E-state index in [-0.39, 0.29) is 30.0 Å². The third kappa shape index (κ3) is 0.630. The summed E-state index contributed by atoms with van der Waals surface area (Å²) in [5.41, 5.74) is 0. The molecule has 0 spiro atoms. The number of aliphatic hydroxyl groups is 1. The fourth-order valence-corrected chi connectivity index (χ4v) is 2.59. The van der Waals surface area contributed by atoms with Crippen molar-refractivity contribution in [3.8, 4) is 0 Å². The monoisotopic (exact) mass is 170 g/mol. The fourth-order valence-electron chi connectivity index (χ4n) is 2.59. The molecule has 0 aromatic heterocycles. The molecule has 3 saturated heterocycles. The molecular weight excluding hydrogens is 160 g/mol. The quantitative estimate of drug-likeness (QED) is 0.489. The van der Waals surface area contributed by atoms with Crippen LogP contribution in [0.3, 0.4) is 0 Å². The van der Waals surface area contributed by atoms with Crippen molar-refractivity contribution in [1.29, 1.82) is 0 Å². The molecule has 3 rings (SSSR count). The van der Waals surface area contributed by atoms with E-state index in [0.717, 1.165) is 0 Å². The van der Waals surface area contributed by atoms with E-state index in [9.17, 15) is 9.90 Å². The number of aliphatic hydroxyl groups excluding tert-OH is 1. The third-order valence-electron chi connectivity index (χ3n) is 3.17. The van der Waals surface area contributed by atoms with Crippen LogP contribution in [0.1, 0.15) is 6.42 Å². The van der Waals surface area contributed by atoms with E-state index in [1.807, 2.05) is 0 Å². The molecule has 0 radical (unpaired) electrons. The highest BCUT2D eigenvalue weighted by atomic mass is 16.6. The molecule has 4 nitrogen and oxygen atoms in total. The van der Waals surface area contributed by atoms with Crippen molar-refractivity contribution in [2.45, 2.75) is 24.7 Å². The summed E-state index contributed by atoms with van der Waals surface area (Å²) in [6.45, 7) is 0.484. The van der Waals surface area contributed by atoms with E-state index < -0.39 is 6.10 Å². The van der Waals surface area contributed by atoms with Gasteiger partial charge in [-0.2, -0.15) is 0 Å². The molecule has 3 aliphatic rings. The maximum absolute atomic E-state index is 11.2. The smallest absolute Gasteiger partial charge is 0.312 e. The third-order valence-corrected chi connectivity index (χ3v) is 3.17. The number of carbonyl (C=O) groups excluding carboxylic acids is 1. The Kier molecular flexibility index (Phi) is 1.14. The molecule has 1 N–H and O–H groups in total. The van der Waals surface area contributed by atoms with E-state index in [4.69, 9.17) is 9.47 Å². The highest BCUT2D eigenvalue weighted by Gasteiger charge is 2.60. The zero-order valence-corrected chi connectivity index (χ0v) is 6.47. The van der Waals surface area contributed by atoms with Gasteiger partial charge in [-0.1, -0.05) is 0 Å². The number of esters is 1. The van der Waals surface area contributed by atoms with E-state index in [1.165, 1.54) is 0 Å². The van der Waals surface area contributed by atoms with E-state index in [1.54, 1.807) is 0 Å². The van der Waals surface area contributed by atoms with Gasteiger partial charge in [-0.15, -0.1) is 0 Å². The Morgan fingerprint density at radius 1 is 1.50 bits per heavy atom. The molecule has 12 heavy (non-hydrogen) atoms. The zero-order valence-electron chi connectivity index (χ0n) is 6.47. The molecule has 0 amide bonds. The lowest BCUT2D eigenvalue weighted by molar-refractivity contribution is -0.145. The van der Waals surface area contributed by atoms with Gasteiger partial charge in [0.15, 0.2) is 0 Å². The number of ether oxygens (including phenoxy) is 2. The summed E-state index contributed by atoms with van der Waals surface area (Å²) >= 11 is 0. The van der Waals surface area contributed by atoms with E-state index in [2.05, 4.69) is 0 Å². The van der Waals surface area contributed by atoms with Crippen LogP contribution in [0.25, 0.3) is 0 Å². The van der Waals surface area contributed by atoms with E-state index >= 15 is 0 Å². The first-order chi connectivity index (χ1) is 5.77. The number of hydrogen-bond acceptors (Lipinski definition) is 4. The second kappa shape index (κ2) is 2.00. The summed E-state index contributed by atoms with van der Waals surface area (Å²) in [4.78, 5) is 11.2. The molecule has 0 aliphatic carbocycles. The van der Waals surface area contributed by atoms with Gasteiger partial charge in [0.25, 0.3) is 0 Å². The standard InChI is InChI=1S/C8H10O4/c9-4-1-5-3-2-11-8(10)6(3)7(4)12-5/h3-7,9H,1-2H2/t3?,4?,5-,6?,7+/m1/s1. The Hall–Kier alpha value is -0.610. The number of hydrogen-bond donors (Lipinski definition) is 1. The summed E-state index contributed by atoms with van der Waals surface area (Å²) in [6, 6.07) is 0. The van der Waals surface area contributed by atoms with E-state index in [0.29, 0.717) is 13.0 Å². The Labute approximate surface area is 69.5 Å². The van der Waals surface area contributed by atoms with Gasteiger partial charge in [-0.25, -0.2) is 0 Å². The van der Waals surface area contributed by atoms with Crippen molar-refractivity contribution < 1.29 is 19.4 Å². The second-order valence-electron chi connectivity index (χ2n) is 3.76. The van der Waals surface area contributed by atoms with Gasteiger partial charge in [0.05, 0.1) is 30.8 Å². The Bertz CT molecular complexity index is 239. The summed E-state index contributed by atoms with van der Waals surface area (Å²) in [5.74, 6) is -0.157. The molecule has 5 atom stereocenters. The fraction of sp³-hybridized carbons (Fsp3) is 0.875. The van der Waals surface area contributed by atoms with Crippen LogP contribution in [0.5, 0.6) is 0 Å². The van der Waals surface area contributed by atoms with Gasteiger partial charge in [0.2, 0.25) is 0 Å². The highest BCUT2D eigenvalue weighted by molar-refractivity contribution is 5.76. The first-order valence-corrected chi connectivity index (χ1v) is 4.27. The summed E-state index contributed by atoms with van der Waals surface area (Å²) in [5, 5.41) is 9.45. The Morgan fingerprint density at radius 2 is 2.33 bits per heavy atom. The van der Waals surface area contributed by atoms with Crippen LogP contribution in [0, 0.1) is 11.8 Å². The van der Waals surface area contributed by atoms with Crippen molar-refractivity contribution in [3.05, 3.63) is 0 Å². The van der Waals surface area contributed by atoms with Crippen molar-refractivity contribution in [1.82, 2.24) is 0 Å². The van der Waals surface area contributed by atoms with Crippen LogP contribution in [-0.2, 0) is 14.3 Å². The first-order valence-electron chi connectivity index (χ1n) is 4.27. The maximum atomic E-state index is 11.2. The maximum Gasteiger partial charge on any atom is 0.312 e. The second-order valence-corrected chi connectivity index (χ2v) is 3.76. The van der Waals surface area contributed by atoms with Gasteiger partial charge >= 0.3 is 5.97 Å². The molecule has 3 heterocycles. The Morgan fingerprint density at radius 3 is 3.17 bits per heavy atom. The van der Waals surface area contributed by atoms with Crippen LogP contribution < -0.4 is 0 Å². The average Bonchev–Trinajstić information content (AvgIpc) is 2.62. The molecule has 4 heteroatoms. The van der Waals surface area contributed by atoms with Gasteiger partial charge in [0, 0.05) is 12.3 Å². The molecule has 66 valence electrons. The topological polar surface area (TPSA) is 55.8 Å². The molecule has 3 unspecified atom stereocenters. The SMILES string of the molecule is O=C1OCC2C1[C@H]1O[C@@H]2CC1O. The molecule has 2 bridgehead atoms. The van der Waals surface area contributed by atoms with Gasteiger partial charge in [-0.05, 0) is 0 Å². The minimum absolute atomic E-state index is 0.0569. The van der Waals surface area contributed by atoms with Crippen LogP contribution in [0.2, 0.25) is 0 Å². The summed E-state index contributed by atoms with van der Waals surface area (Å²) in [7, 11) is 0. The van der Waals surface area contributed by atoms with Crippen molar-refractivity contribution in [2.24, 2.45) is 11.8 Å². The van der Waals surface area contributed by atoms with Crippen LogP contribution in [0.15, 0.2) is 0 Å². The summed E-state index contributed by atoms with van der Waals surface area (Å²) < 4.78 is 10.4. The number of cyclic esters (lactones) is 1. The molecule has 0 aromatic rings. The lowest BCUT2D eigenvalue weighted by atomic mass is 9.80. The number of rotatable bonds is 0. The van der Waals surface area contributed by atoms with Crippen molar-refractivity contribution in [2.75, 3.05) is 6.61 Å². The Balaban J connectivity index is 1.95. The normalized spacial score (nSPS) is 55.8. The lowest BCUT2D eigenvalue weighted by Crippen LogP contribution is -2.37. The minimum Gasteiger partial charge on any atom is -0.465 e. The van der Waals surface area contributed by atoms with Gasteiger partial charge in [-0.3, -0.25) is 4.79 Å². The molecule has 0 aromatic carbocycles. The summed E-state index contributed by atoms with van der Waals surface area (Å²) in [6.07, 6.45) is -0.0130.